The Labute approximate surface area is 161 Å². The van der Waals surface area contributed by atoms with Crippen LogP contribution in [0.2, 0.25) is 0 Å². The van der Waals surface area contributed by atoms with Gasteiger partial charge < -0.3 is 10.2 Å². The van der Waals surface area contributed by atoms with Crippen molar-refractivity contribution in [3.8, 4) is 11.5 Å². The summed E-state index contributed by atoms with van der Waals surface area (Å²) in [5.74, 6) is 0.0304. The number of nitrogens with one attached hydrogen (secondary N) is 2. The van der Waals surface area contributed by atoms with Crippen LogP contribution >= 0.6 is 0 Å². The van der Waals surface area contributed by atoms with Gasteiger partial charge in [0.1, 0.15) is 11.5 Å². The van der Waals surface area contributed by atoms with E-state index in [1.54, 1.807) is 79.0 Å². The molecule has 0 bridgehead atoms. The van der Waals surface area contributed by atoms with Crippen LogP contribution in [0.1, 0.15) is 21.5 Å². The number of hydrogen-bond donors (Lipinski definition) is 4. The number of aromatic hydroxyl groups is 2. The first kappa shape index (κ1) is 18.7. The smallest absolute Gasteiger partial charge is 0.271 e. The molecular formula is C21H18N4O3. The molecule has 0 spiro atoms. The van der Waals surface area contributed by atoms with Gasteiger partial charge >= 0.3 is 0 Å². The Morgan fingerprint density at radius 1 is 0.714 bits per heavy atom. The third-order valence-corrected chi connectivity index (χ3v) is 3.72. The largest absolute Gasteiger partial charge is 0.508 e. The van der Waals surface area contributed by atoms with Crippen LogP contribution in [0.4, 0.5) is 5.69 Å². The molecule has 1 amide bonds. The number of phenolic OH excluding ortho intramolecular Hbond substituents is 2. The maximum absolute atomic E-state index is 12.1. The van der Waals surface area contributed by atoms with Gasteiger partial charge in [-0.25, -0.2) is 5.43 Å². The monoisotopic (exact) mass is 374 g/mol. The molecule has 0 heterocycles. The molecule has 0 unspecified atom stereocenters. The van der Waals surface area contributed by atoms with Crippen molar-refractivity contribution in [2.75, 3.05) is 5.43 Å². The summed E-state index contributed by atoms with van der Waals surface area (Å²) in [6.07, 6.45) is 3.11. The Morgan fingerprint density at radius 3 is 1.75 bits per heavy atom. The fourth-order valence-corrected chi connectivity index (χ4v) is 2.23. The van der Waals surface area contributed by atoms with Crippen LogP contribution in [-0.2, 0) is 0 Å². The molecule has 0 atom stereocenters. The molecule has 3 aromatic rings. The summed E-state index contributed by atoms with van der Waals surface area (Å²) in [7, 11) is 0. The van der Waals surface area contributed by atoms with E-state index in [0.717, 1.165) is 16.8 Å². The average molecular weight is 374 g/mol. The summed E-state index contributed by atoms with van der Waals surface area (Å²) >= 11 is 0. The molecule has 0 radical (unpaired) electrons. The molecule has 0 fully saturated rings. The van der Waals surface area contributed by atoms with Gasteiger partial charge in [0.2, 0.25) is 0 Å². The topological polar surface area (TPSA) is 106 Å². The Kier molecular flexibility index (Phi) is 5.99. The first-order valence-corrected chi connectivity index (χ1v) is 8.41. The van der Waals surface area contributed by atoms with Crippen LogP contribution in [0.3, 0.4) is 0 Å². The van der Waals surface area contributed by atoms with Gasteiger partial charge in [-0.3, -0.25) is 10.2 Å². The van der Waals surface area contributed by atoms with Crippen LogP contribution < -0.4 is 10.9 Å². The molecule has 7 nitrogen and oxygen atoms in total. The van der Waals surface area contributed by atoms with Crippen molar-refractivity contribution in [1.82, 2.24) is 5.43 Å². The molecule has 0 aromatic heterocycles. The molecule has 0 aliphatic rings. The third kappa shape index (κ3) is 5.43. The molecule has 4 N–H and O–H groups in total. The molecule has 0 aliphatic carbocycles. The second-order valence-corrected chi connectivity index (χ2v) is 5.83. The van der Waals surface area contributed by atoms with Gasteiger partial charge in [0.15, 0.2) is 0 Å². The molecule has 0 saturated carbocycles. The highest BCUT2D eigenvalue weighted by Crippen LogP contribution is 2.11. The second-order valence-electron chi connectivity index (χ2n) is 5.83. The summed E-state index contributed by atoms with van der Waals surface area (Å²) < 4.78 is 0. The molecular weight excluding hydrogens is 356 g/mol. The normalized spacial score (nSPS) is 11.0. The number of rotatable bonds is 6. The average Bonchev–Trinajstić information content (AvgIpc) is 2.71. The fourth-order valence-electron chi connectivity index (χ4n) is 2.23. The zero-order valence-electron chi connectivity index (χ0n) is 14.8. The first-order chi connectivity index (χ1) is 13.6. The summed E-state index contributed by atoms with van der Waals surface area (Å²) in [4.78, 5) is 12.1. The molecule has 3 aromatic carbocycles. The maximum atomic E-state index is 12.1. The van der Waals surface area contributed by atoms with E-state index >= 15 is 0 Å². The van der Waals surface area contributed by atoms with Crippen LogP contribution in [0.5, 0.6) is 11.5 Å². The van der Waals surface area contributed by atoms with Gasteiger partial charge in [-0.2, -0.15) is 10.2 Å². The minimum Gasteiger partial charge on any atom is -0.508 e. The number of hydrazone groups is 2. The second kappa shape index (κ2) is 9.00. The Bertz CT molecular complexity index is 980. The lowest BCUT2D eigenvalue weighted by atomic mass is 10.2. The van der Waals surface area contributed by atoms with Crippen LogP contribution in [0.15, 0.2) is 83.0 Å². The number of amides is 1. The number of carbonyl (C=O) groups is 1. The quantitative estimate of drug-likeness (QED) is 0.392. The predicted octanol–water partition coefficient (Wildman–Crippen LogP) is 3.31. The van der Waals surface area contributed by atoms with E-state index in [1.165, 1.54) is 6.21 Å². The highest BCUT2D eigenvalue weighted by molar-refractivity contribution is 5.95. The van der Waals surface area contributed by atoms with Crippen molar-refractivity contribution in [3.05, 3.63) is 89.5 Å². The van der Waals surface area contributed by atoms with E-state index in [2.05, 4.69) is 21.1 Å². The van der Waals surface area contributed by atoms with E-state index in [1.807, 2.05) is 0 Å². The lowest BCUT2D eigenvalue weighted by molar-refractivity contribution is 0.0955. The van der Waals surface area contributed by atoms with Crippen LogP contribution in [-0.4, -0.2) is 28.5 Å². The van der Waals surface area contributed by atoms with E-state index in [4.69, 9.17) is 0 Å². The highest BCUT2D eigenvalue weighted by atomic mass is 16.3. The molecule has 140 valence electrons. The lowest BCUT2D eigenvalue weighted by Gasteiger charge is -2.03. The summed E-state index contributed by atoms with van der Waals surface area (Å²) in [6, 6.07) is 19.9. The van der Waals surface area contributed by atoms with Gasteiger partial charge in [0.25, 0.3) is 5.91 Å². The van der Waals surface area contributed by atoms with Crippen LogP contribution in [0, 0.1) is 0 Å². The first-order valence-electron chi connectivity index (χ1n) is 8.41. The summed E-state index contributed by atoms with van der Waals surface area (Å²) in [6.45, 7) is 0. The van der Waals surface area contributed by atoms with Crippen molar-refractivity contribution in [2.24, 2.45) is 10.2 Å². The maximum Gasteiger partial charge on any atom is 0.271 e. The van der Waals surface area contributed by atoms with E-state index in [-0.39, 0.29) is 17.4 Å². The van der Waals surface area contributed by atoms with Crippen molar-refractivity contribution in [2.45, 2.75) is 0 Å². The zero-order chi connectivity index (χ0) is 19.8. The number of anilines is 1. The molecule has 28 heavy (non-hydrogen) atoms. The third-order valence-electron chi connectivity index (χ3n) is 3.72. The number of nitrogens with zero attached hydrogens (tertiary/aromatic N) is 2. The van der Waals surface area contributed by atoms with Gasteiger partial charge in [-0.15, -0.1) is 0 Å². The van der Waals surface area contributed by atoms with Gasteiger partial charge in [-0.05, 0) is 83.9 Å². The molecule has 0 aliphatic heterocycles. The number of hydrogen-bond acceptors (Lipinski definition) is 6. The number of phenols is 2. The van der Waals surface area contributed by atoms with Gasteiger partial charge in [0.05, 0.1) is 18.1 Å². The van der Waals surface area contributed by atoms with Crippen molar-refractivity contribution in [1.29, 1.82) is 0 Å². The van der Waals surface area contributed by atoms with Crippen molar-refractivity contribution < 1.29 is 15.0 Å². The molecule has 7 heteroatoms. The highest BCUT2D eigenvalue weighted by Gasteiger charge is 2.03. The van der Waals surface area contributed by atoms with Gasteiger partial charge in [0, 0.05) is 5.56 Å². The van der Waals surface area contributed by atoms with Crippen molar-refractivity contribution in [3.63, 3.8) is 0 Å². The van der Waals surface area contributed by atoms with Crippen LogP contribution in [0.25, 0.3) is 0 Å². The molecule has 0 saturated heterocycles. The number of benzene rings is 3. The minimum atomic E-state index is -0.339. The lowest BCUT2D eigenvalue weighted by Crippen LogP contribution is -2.17. The fraction of sp³-hybridized carbons (Fsp3) is 0. The SMILES string of the molecule is O=C(N/N=C/c1ccc(O)cc1)c1ccc(N/N=C/c2ccc(O)cc2)cc1. The number of carbonyl (C=O) groups excluding carboxylic acids is 1. The Morgan fingerprint density at radius 2 is 1.21 bits per heavy atom. The van der Waals surface area contributed by atoms with E-state index < -0.39 is 0 Å². The van der Waals surface area contributed by atoms with E-state index in [0.29, 0.717) is 5.56 Å². The van der Waals surface area contributed by atoms with Crippen molar-refractivity contribution >= 4 is 24.0 Å². The summed E-state index contributed by atoms with van der Waals surface area (Å²) in [5, 5.41) is 26.5. The minimum absolute atomic E-state index is 0.169. The predicted molar refractivity (Wildman–Crippen MR) is 109 cm³/mol. The Balaban J connectivity index is 1.52. The zero-order valence-corrected chi connectivity index (χ0v) is 14.8. The van der Waals surface area contributed by atoms with Gasteiger partial charge in [-0.1, -0.05) is 0 Å². The molecule has 3 rings (SSSR count). The summed E-state index contributed by atoms with van der Waals surface area (Å²) in [5.41, 5.74) is 8.09. The Hall–Kier alpha value is -4.13. The van der Waals surface area contributed by atoms with E-state index in [9.17, 15) is 15.0 Å². The standard InChI is InChI=1S/C21H18N4O3/c26-19-9-1-15(2-10-19)13-22-24-18-7-5-17(6-8-18)21(28)25-23-14-16-3-11-20(27)12-4-16/h1-14,24,26-27H,(H,25,28)/b22-13+,23-14+.